The van der Waals surface area contributed by atoms with E-state index in [1.54, 1.807) is 31.4 Å². The molecular formula is C19H27NO4S. The first-order valence-electron chi connectivity index (χ1n) is 9.15. The summed E-state index contributed by atoms with van der Waals surface area (Å²) in [6.07, 6.45) is 6.09. The van der Waals surface area contributed by atoms with Gasteiger partial charge in [0.1, 0.15) is 5.75 Å². The molecule has 25 heavy (non-hydrogen) atoms. The average molecular weight is 365 g/mol. The second kappa shape index (κ2) is 6.25. The Balaban J connectivity index is 1.54. The Kier molecular flexibility index (Phi) is 4.33. The Labute approximate surface area is 150 Å². The number of methoxy groups -OCH3 is 2. The Morgan fingerprint density at radius 2 is 1.72 bits per heavy atom. The smallest absolute Gasteiger partial charge is 0.240 e. The third-order valence-electron chi connectivity index (χ3n) is 6.79. The lowest BCUT2D eigenvalue weighted by atomic mass is 9.50. The van der Waals surface area contributed by atoms with Gasteiger partial charge in [-0.3, -0.25) is 0 Å². The second-order valence-corrected chi connectivity index (χ2v) is 9.73. The molecule has 1 N–H and O–H groups in total. The van der Waals surface area contributed by atoms with E-state index in [4.69, 9.17) is 9.47 Å². The van der Waals surface area contributed by atoms with Gasteiger partial charge >= 0.3 is 0 Å². The van der Waals surface area contributed by atoms with Crippen LogP contribution in [-0.4, -0.2) is 34.8 Å². The zero-order chi connectivity index (χ0) is 17.7. The summed E-state index contributed by atoms with van der Waals surface area (Å²) < 4.78 is 39.6. The Bertz CT molecular complexity index is 718. The van der Waals surface area contributed by atoms with E-state index in [1.807, 2.05) is 0 Å². The summed E-state index contributed by atoms with van der Waals surface area (Å²) in [5.74, 6) is 3.13. The summed E-state index contributed by atoms with van der Waals surface area (Å²) in [4.78, 5) is 0.238. The van der Waals surface area contributed by atoms with Crippen molar-refractivity contribution in [3.8, 4) is 5.75 Å². The number of sulfonamides is 1. The van der Waals surface area contributed by atoms with Crippen LogP contribution >= 0.6 is 0 Å². The number of nitrogens with one attached hydrogen (secondary N) is 1. The molecule has 4 aliphatic rings. The van der Waals surface area contributed by atoms with Crippen LogP contribution in [0.1, 0.15) is 32.1 Å². The minimum Gasteiger partial charge on any atom is -0.497 e. The molecule has 0 amide bonds. The summed E-state index contributed by atoms with van der Waals surface area (Å²) in [5.41, 5.74) is -0.348. The highest BCUT2D eigenvalue weighted by Crippen LogP contribution is 2.59. The van der Waals surface area contributed by atoms with Gasteiger partial charge in [-0.1, -0.05) is 6.07 Å². The van der Waals surface area contributed by atoms with E-state index in [0.717, 1.165) is 11.8 Å². The average Bonchev–Trinajstić information content (AvgIpc) is 2.61. The number of hydrogen-bond acceptors (Lipinski definition) is 4. The second-order valence-electron chi connectivity index (χ2n) is 7.97. The SMILES string of the molecule is COc1cccc(S(=O)(=O)NCC2(OC)C3CC4CC(C3)CC2C4)c1. The third kappa shape index (κ3) is 2.88. The summed E-state index contributed by atoms with van der Waals surface area (Å²) in [5, 5.41) is 0. The first kappa shape index (κ1) is 17.3. The molecular weight excluding hydrogens is 338 g/mol. The van der Waals surface area contributed by atoms with Crippen LogP contribution in [0.2, 0.25) is 0 Å². The van der Waals surface area contributed by atoms with Crippen molar-refractivity contribution in [1.29, 1.82) is 0 Å². The Morgan fingerprint density at radius 1 is 1.08 bits per heavy atom. The van der Waals surface area contributed by atoms with Crippen LogP contribution in [0.15, 0.2) is 29.2 Å². The van der Waals surface area contributed by atoms with Gasteiger partial charge in [0.25, 0.3) is 0 Å². The zero-order valence-corrected chi connectivity index (χ0v) is 15.7. The molecule has 4 bridgehead atoms. The van der Waals surface area contributed by atoms with E-state index in [2.05, 4.69) is 4.72 Å². The first-order valence-corrected chi connectivity index (χ1v) is 10.6. The van der Waals surface area contributed by atoms with Gasteiger partial charge < -0.3 is 9.47 Å². The van der Waals surface area contributed by atoms with Gasteiger partial charge in [-0.05, 0) is 67.9 Å². The highest BCUT2D eigenvalue weighted by molar-refractivity contribution is 7.89. The summed E-state index contributed by atoms with van der Waals surface area (Å²) in [6, 6.07) is 6.59. The molecule has 0 aliphatic heterocycles. The minimum atomic E-state index is -3.58. The van der Waals surface area contributed by atoms with Crippen molar-refractivity contribution in [3.63, 3.8) is 0 Å². The van der Waals surface area contributed by atoms with Crippen molar-refractivity contribution in [2.24, 2.45) is 23.7 Å². The molecule has 5 nitrogen and oxygen atoms in total. The van der Waals surface area contributed by atoms with Crippen LogP contribution in [0.5, 0.6) is 5.75 Å². The summed E-state index contributed by atoms with van der Waals surface area (Å²) in [7, 11) is -0.296. The van der Waals surface area contributed by atoms with Crippen LogP contribution in [0.3, 0.4) is 0 Å². The maximum Gasteiger partial charge on any atom is 0.240 e. The van der Waals surface area contributed by atoms with Gasteiger partial charge in [0.15, 0.2) is 0 Å². The molecule has 5 rings (SSSR count). The highest BCUT2D eigenvalue weighted by atomic mass is 32.2. The van der Waals surface area contributed by atoms with Crippen molar-refractivity contribution in [2.75, 3.05) is 20.8 Å². The fourth-order valence-corrected chi connectivity index (χ4v) is 6.85. The van der Waals surface area contributed by atoms with E-state index in [0.29, 0.717) is 24.1 Å². The molecule has 6 heteroatoms. The summed E-state index contributed by atoms with van der Waals surface area (Å²) in [6.45, 7) is 0.359. The van der Waals surface area contributed by atoms with Crippen molar-refractivity contribution in [3.05, 3.63) is 24.3 Å². The fraction of sp³-hybridized carbons (Fsp3) is 0.684. The third-order valence-corrected chi connectivity index (χ3v) is 8.19. The maximum atomic E-state index is 12.8. The normalized spacial score (nSPS) is 36.6. The topological polar surface area (TPSA) is 64.6 Å². The number of ether oxygens (including phenoxy) is 2. The molecule has 1 aromatic rings. The van der Waals surface area contributed by atoms with Gasteiger partial charge in [-0.15, -0.1) is 0 Å². The van der Waals surface area contributed by atoms with Crippen molar-refractivity contribution in [1.82, 2.24) is 4.72 Å². The number of rotatable bonds is 6. The van der Waals surface area contributed by atoms with Crippen LogP contribution in [0.4, 0.5) is 0 Å². The Hall–Kier alpha value is -1.11. The lowest BCUT2D eigenvalue weighted by Gasteiger charge is -2.60. The van der Waals surface area contributed by atoms with Crippen LogP contribution in [0, 0.1) is 23.7 Å². The standard InChI is InChI=1S/C19H27NO4S/c1-23-17-4-3-5-18(11-17)25(21,22)20-12-19(24-2)15-7-13-6-14(9-15)10-16(19)8-13/h3-5,11,13-16,20H,6-10,12H2,1-2H3. The van der Waals surface area contributed by atoms with Crippen molar-refractivity contribution in [2.45, 2.75) is 42.6 Å². The molecule has 4 fully saturated rings. The van der Waals surface area contributed by atoms with E-state index >= 15 is 0 Å². The van der Waals surface area contributed by atoms with E-state index < -0.39 is 10.0 Å². The van der Waals surface area contributed by atoms with Crippen LogP contribution < -0.4 is 9.46 Å². The highest BCUT2D eigenvalue weighted by Gasteiger charge is 2.57. The van der Waals surface area contributed by atoms with Crippen molar-refractivity contribution >= 4 is 10.0 Å². The molecule has 4 saturated carbocycles. The molecule has 1 aromatic carbocycles. The van der Waals surface area contributed by atoms with Crippen LogP contribution in [0.25, 0.3) is 0 Å². The molecule has 4 aliphatic carbocycles. The summed E-state index contributed by atoms with van der Waals surface area (Å²) >= 11 is 0. The Morgan fingerprint density at radius 3 is 2.28 bits per heavy atom. The molecule has 0 saturated heterocycles. The fourth-order valence-electron chi connectivity index (χ4n) is 5.74. The zero-order valence-electron chi connectivity index (χ0n) is 14.9. The molecule has 0 spiro atoms. The first-order chi connectivity index (χ1) is 12.0. The van der Waals surface area contributed by atoms with E-state index in [9.17, 15) is 8.42 Å². The molecule has 0 unspecified atom stereocenters. The van der Waals surface area contributed by atoms with Crippen molar-refractivity contribution < 1.29 is 17.9 Å². The van der Waals surface area contributed by atoms with E-state index in [1.165, 1.54) is 39.2 Å². The van der Waals surface area contributed by atoms with Gasteiger partial charge in [0, 0.05) is 19.7 Å². The minimum absolute atomic E-state index is 0.238. The monoisotopic (exact) mass is 365 g/mol. The van der Waals surface area contributed by atoms with Crippen LogP contribution in [-0.2, 0) is 14.8 Å². The maximum absolute atomic E-state index is 12.8. The quantitative estimate of drug-likeness (QED) is 0.842. The molecule has 0 atom stereocenters. The molecule has 0 aromatic heterocycles. The predicted molar refractivity (Wildman–Crippen MR) is 95.0 cm³/mol. The largest absolute Gasteiger partial charge is 0.497 e. The van der Waals surface area contributed by atoms with Gasteiger partial charge in [0.05, 0.1) is 17.6 Å². The number of benzene rings is 1. The lowest BCUT2D eigenvalue weighted by molar-refractivity contribution is -0.185. The molecule has 138 valence electrons. The van der Waals surface area contributed by atoms with Gasteiger partial charge in [0.2, 0.25) is 10.0 Å². The van der Waals surface area contributed by atoms with Gasteiger partial charge in [-0.2, -0.15) is 0 Å². The lowest BCUT2D eigenvalue weighted by Crippen LogP contribution is -2.63. The predicted octanol–water partition coefficient (Wildman–Crippen LogP) is 2.81. The van der Waals surface area contributed by atoms with E-state index in [-0.39, 0.29) is 10.5 Å². The number of hydrogen-bond donors (Lipinski definition) is 1. The molecule has 0 heterocycles. The van der Waals surface area contributed by atoms with Gasteiger partial charge in [-0.25, -0.2) is 13.1 Å². The molecule has 0 radical (unpaired) electrons.